The molecule has 0 aromatic carbocycles. The first-order valence-electron chi connectivity index (χ1n) is 9.27. The van der Waals surface area contributed by atoms with Crippen molar-refractivity contribution in [3.05, 3.63) is 36.3 Å². The second-order valence-corrected chi connectivity index (χ2v) is 6.40. The van der Waals surface area contributed by atoms with Gasteiger partial charge in [-0.1, -0.05) is 13.2 Å². The quantitative estimate of drug-likeness (QED) is 0.258. The number of hydrogen-bond acceptors (Lipinski definition) is 5. The van der Waals surface area contributed by atoms with Crippen LogP contribution in [0.5, 0.6) is 0 Å². The van der Waals surface area contributed by atoms with Gasteiger partial charge in [-0.15, -0.1) is 0 Å². The summed E-state index contributed by atoms with van der Waals surface area (Å²) in [4.78, 5) is 10.7. The summed E-state index contributed by atoms with van der Waals surface area (Å²) in [5, 5.41) is 0. The zero-order valence-corrected chi connectivity index (χ0v) is 17.4. The van der Waals surface area contributed by atoms with Gasteiger partial charge in [-0.05, 0) is 33.9 Å². The fraction of sp³-hybridized carbons (Fsp3) is 0.650. The standard InChI is InChI=1S/C20H36N4O2/c1-9-21-16-22(7)20(6,25-8)17(4)19(23(10-2)11-3)18(5)24-12-14-26-15-13-24/h10,16H,2,5,9,11-15H2,1,3-4,6-8H3/b19-17-,21-16-. The Balaban J connectivity index is 3.41. The molecule has 1 aliphatic rings. The number of methoxy groups -OCH3 is 1. The molecule has 0 N–H and O–H groups in total. The van der Waals surface area contributed by atoms with Crippen molar-refractivity contribution in [2.45, 2.75) is 33.4 Å². The Labute approximate surface area is 159 Å². The molecule has 0 aromatic rings. The van der Waals surface area contributed by atoms with Gasteiger partial charge in [0.15, 0.2) is 5.72 Å². The smallest absolute Gasteiger partial charge is 0.162 e. The van der Waals surface area contributed by atoms with E-state index in [1.807, 2.05) is 38.3 Å². The van der Waals surface area contributed by atoms with Gasteiger partial charge in [0.2, 0.25) is 0 Å². The van der Waals surface area contributed by atoms with Crippen LogP contribution in [0.3, 0.4) is 0 Å². The molecular weight excluding hydrogens is 328 g/mol. The van der Waals surface area contributed by atoms with Gasteiger partial charge in [0.05, 0.1) is 30.9 Å². The maximum absolute atomic E-state index is 5.95. The topological polar surface area (TPSA) is 40.5 Å². The van der Waals surface area contributed by atoms with Gasteiger partial charge < -0.3 is 24.2 Å². The highest BCUT2D eigenvalue weighted by atomic mass is 16.5. The van der Waals surface area contributed by atoms with Crippen molar-refractivity contribution in [3.8, 4) is 0 Å². The van der Waals surface area contributed by atoms with Crippen LogP contribution >= 0.6 is 0 Å². The molecule has 0 amide bonds. The molecule has 1 fully saturated rings. The molecule has 1 aliphatic heterocycles. The molecule has 26 heavy (non-hydrogen) atoms. The third-order valence-corrected chi connectivity index (χ3v) is 5.07. The van der Waals surface area contributed by atoms with E-state index >= 15 is 0 Å². The summed E-state index contributed by atoms with van der Waals surface area (Å²) < 4.78 is 11.4. The van der Waals surface area contributed by atoms with Crippen LogP contribution < -0.4 is 0 Å². The Morgan fingerprint density at radius 3 is 2.42 bits per heavy atom. The second-order valence-electron chi connectivity index (χ2n) is 6.40. The molecule has 6 nitrogen and oxygen atoms in total. The molecule has 0 aromatic heterocycles. The molecule has 0 spiro atoms. The monoisotopic (exact) mass is 364 g/mol. The summed E-state index contributed by atoms with van der Waals surface area (Å²) >= 11 is 0. The molecule has 148 valence electrons. The Hall–Kier alpha value is -1.79. The zero-order chi connectivity index (χ0) is 19.7. The number of nitrogens with zero attached hydrogens (tertiary/aromatic N) is 4. The lowest BCUT2D eigenvalue weighted by Crippen LogP contribution is -2.48. The van der Waals surface area contributed by atoms with Crippen LogP contribution in [-0.4, -0.2) is 80.3 Å². The van der Waals surface area contributed by atoms with E-state index in [9.17, 15) is 0 Å². The summed E-state index contributed by atoms with van der Waals surface area (Å²) in [6, 6.07) is 0. The van der Waals surface area contributed by atoms with Crippen LogP contribution in [0.4, 0.5) is 0 Å². The Morgan fingerprint density at radius 1 is 1.35 bits per heavy atom. The zero-order valence-electron chi connectivity index (χ0n) is 17.4. The predicted molar refractivity (Wildman–Crippen MR) is 109 cm³/mol. The highest BCUT2D eigenvalue weighted by Gasteiger charge is 2.34. The van der Waals surface area contributed by atoms with Crippen LogP contribution in [0.15, 0.2) is 41.3 Å². The fourth-order valence-corrected chi connectivity index (χ4v) is 3.05. The lowest BCUT2D eigenvalue weighted by atomic mass is 9.99. The summed E-state index contributed by atoms with van der Waals surface area (Å²) in [6.07, 6.45) is 3.67. The number of aliphatic imine (C=N–C) groups is 1. The number of hydrogen-bond donors (Lipinski definition) is 0. The van der Waals surface area contributed by atoms with Crippen LogP contribution in [-0.2, 0) is 9.47 Å². The molecule has 0 radical (unpaired) electrons. The number of rotatable bonds is 10. The lowest BCUT2D eigenvalue weighted by Gasteiger charge is -2.42. The van der Waals surface area contributed by atoms with Crippen molar-refractivity contribution in [2.24, 2.45) is 4.99 Å². The van der Waals surface area contributed by atoms with Crippen molar-refractivity contribution >= 4 is 6.34 Å². The normalized spacial score (nSPS) is 18.3. The first-order valence-corrected chi connectivity index (χ1v) is 9.27. The molecule has 1 rings (SSSR count). The van der Waals surface area contributed by atoms with E-state index in [2.05, 4.69) is 41.8 Å². The van der Waals surface area contributed by atoms with Gasteiger partial charge in [-0.25, -0.2) is 0 Å². The molecule has 1 unspecified atom stereocenters. The number of likely N-dealkylation sites (N-methyl/N-ethyl adjacent to an activating group) is 2. The highest BCUT2D eigenvalue weighted by molar-refractivity contribution is 5.57. The predicted octanol–water partition coefficient (Wildman–Crippen LogP) is 2.91. The summed E-state index contributed by atoms with van der Waals surface area (Å²) in [5.41, 5.74) is 2.41. The molecule has 6 heteroatoms. The molecule has 1 saturated heterocycles. The minimum Gasteiger partial charge on any atom is -0.378 e. The summed E-state index contributed by atoms with van der Waals surface area (Å²) in [6.45, 7) is 21.3. The SMILES string of the molecule is C=CN(CC)/C(C(=C)N1CCOCC1)=C(/C)C(C)(OC)N(C)/C=N\CC. The molecule has 0 saturated carbocycles. The molecular formula is C20H36N4O2. The minimum absolute atomic E-state index is 0.653. The van der Waals surface area contributed by atoms with Crippen molar-refractivity contribution in [3.63, 3.8) is 0 Å². The first kappa shape index (κ1) is 22.3. The minimum atomic E-state index is -0.653. The summed E-state index contributed by atoms with van der Waals surface area (Å²) in [7, 11) is 3.70. The third-order valence-electron chi connectivity index (χ3n) is 5.07. The van der Waals surface area contributed by atoms with Gasteiger partial charge in [0, 0.05) is 45.9 Å². The van der Waals surface area contributed by atoms with E-state index in [1.165, 1.54) is 0 Å². The van der Waals surface area contributed by atoms with Crippen LogP contribution in [0.2, 0.25) is 0 Å². The van der Waals surface area contributed by atoms with Crippen molar-refractivity contribution in [2.75, 3.05) is 53.6 Å². The maximum atomic E-state index is 5.95. The van der Waals surface area contributed by atoms with Gasteiger partial charge in [0.25, 0.3) is 0 Å². The van der Waals surface area contributed by atoms with E-state index in [4.69, 9.17) is 9.47 Å². The van der Waals surface area contributed by atoms with Crippen LogP contribution in [0.1, 0.15) is 27.7 Å². The Bertz CT molecular complexity index is 538. The van der Waals surface area contributed by atoms with Crippen LogP contribution in [0.25, 0.3) is 0 Å². The Kier molecular flexibility index (Phi) is 8.88. The Morgan fingerprint density at radius 2 is 1.96 bits per heavy atom. The first-order chi connectivity index (χ1) is 12.4. The van der Waals surface area contributed by atoms with Gasteiger partial charge >= 0.3 is 0 Å². The van der Waals surface area contributed by atoms with E-state index in [1.54, 1.807) is 7.11 Å². The number of morpholine rings is 1. The van der Waals surface area contributed by atoms with Crippen molar-refractivity contribution in [1.29, 1.82) is 0 Å². The van der Waals surface area contributed by atoms with E-state index < -0.39 is 5.72 Å². The average Bonchev–Trinajstić information content (AvgIpc) is 2.68. The third kappa shape index (κ3) is 4.89. The van der Waals surface area contributed by atoms with E-state index in [-0.39, 0.29) is 0 Å². The highest BCUT2D eigenvalue weighted by Crippen LogP contribution is 2.32. The molecule has 0 aliphatic carbocycles. The largest absolute Gasteiger partial charge is 0.378 e. The molecule has 1 heterocycles. The molecule has 0 bridgehead atoms. The van der Waals surface area contributed by atoms with Crippen molar-refractivity contribution in [1.82, 2.24) is 14.7 Å². The van der Waals surface area contributed by atoms with E-state index in [0.29, 0.717) is 0 Å². The van der Waals surface area contributed by atoms with Crippen molar-refractivity contribution < 1.29 is 9.47 Å². The van der Waals surface area contributed by atoms with Gasteiger partial charge in [-0.2, -0.15) is 0 Å². The molecule has 1 atom stereocenters. The van der Waals surface area contributed by atoms with Gasteiger partial charge in [0.1, 0.15) is 0 Å². The number of ether oxygens (including phenoxy) is 2. The lowest BCUT2D eigenvalue weighted by molar-refractivity contribution is -0.0462. The van der Waals surface area contributed by atoms with E-state index in [0.717, 1.165) is 56.4 Å². The van der Waals surface area contributed by atoms with Crippen LogP contribution in [0, 0.1) is 0 Å². The summed E-state index contributed by atoms with van der Waals surface area (Å²) in [5.74, 6) is 0. The maximum Gasteiger partial charge on any atom is 0.162 e. The average molecular weight is 365 g/mol. The second kappa shape index (κ2) is 10.4. The van der Waals surface area contributed by atoms with Gasteiger partial charge in [-0.3, -0.25) is 4.99 Å². The fourth-order valence-electron chi connectivity index (χ4n) is 3.05.